The van der Waals surface area contributed by atoms with Crippen molar-refractivity contribution in [3.63, 3.8) is 0 Å². The molecule has 5 rings (SSSR count). The number of hydrogen-bond acceptors (Lipinski definition) is 0. The highest BCUT2D eigenvalue weighted by molar-refractivity contribution is 5.00. The SMILES string of the molecule is c1cc[n+](C23CC4CC(CC(C4)C2)C3)cc1. The van der Waals surface area contributed by atoms with Crippen LogP contribution in [0.1, 0.15) is 38.5 Å². The van der Waals surface area contributed by atoms with E-state index in [0.29, 0.717) is 5.54 Å². The number of nitrogens with zero attached hydrogens (tertiary/aromatic N) is 1. The summed E-state index contributed by atoms with van der Waals surface area (Å²) in [5, 5.41) is 0. The summed E-state index contributed by atoms with van der Waals surface area (Å²) in [5.74, 6) is 3.12. The van der Waals surface area contributed by atoms with Crippen molar-refractivity contribution >= 4 is 0 Å². The van der Waals surface area contributed by atoms with Gasteiger partial charge in [-0.2, -0.15) is 4.57 Å². The van der Waals surface area contributed by atoms with Crippen molar-refractivity contribution < 1.29 is 4.57 Å². The van der Waals surface area contributed by atoms with Gasteiger partial charge in [-0.1, -0.05) is 6.07 Å². The Morgan fingerprint density at radius 3 is 1.75 bits per heavy atom. The fourth-order valence-electron chi connectivity index (χ4n) is 5.10. The Morgan fingerprint density at radius 1 is 0.750 bits per heavy atom. The van der Waals surface area contributed by atoms with E-state index in [2.05, 4.69) is 35.2 Å². The van der Waals surface area contributed by atoms with E-state index in [1.54, 1.807) is 0 Å². The van der Waals surface area contributed by atoms with Crippen LogP contribution in [0, 0.1) is 17.8 Å². The average molecular weight is 214 g/mol. The Kier molecular flexibility index (Phi) is 1.78. The molecule has 4 saturated carbocycles. The maximum absolute atomic E-state index is 2.54. The molecule has 16 heavy (non-hydrogen) atoms. The molecule has 84 valence electrons. The van der Waals surface area contributed by atoms with Gasteiger partial charge in [0.1, 0.15) is 0 Å². The molecule has 4 fully saturated rings. The molecule has 0 atom stereocenters. The van der Waals surface area contributed by atoms with Crippen LogP contribution in [0.2, 0.25) is 0 Å². The summed E-state index contributed by atoms with van der Waals surface area (Å²) in [6.07, 6.45) is 13.6. The van der Waals surface area contributed by atoms with E-state index in [4.69, 9.17) is 0 Å². The molecule has 0 N–H and O–H groups in total. The summed E-state index contributed by atoms with van der Waals surface area (Å²) in [5.41, 5.74) is 0.510. The molecule has 0 amide bonds. The first-order valence-corrected chi connectivity index (χ1v) is 6.81. The zero-order valence-electron chi connectivity index (χ0n) is 9.81. The zero-order chi connectivity index (χ0) is 10.6. The molecular formula is C15H20N+. The third-order valence-corrected chi connectivity index (χ3v) is 5.27. The lowest BCUT2D eigenvalue weighted by Crippen LogP contribution is -2.64. The molecule has 4 aliphatic rings. The minimum absolute atomic E-state index is 0.510. The van der Waals surface area contributed by atoms with Crippen LogP contribution in [0.4, 0.5) is 0 Å². The van der Waals surface area contributed by atoms with Gasteiger partial charge in [0.15, 0.2) is 17.9 Å². The lowest BCUT2D eigenvalue weighted by Gasteiger charge is -2.53. The second-order valence-electron chi connectivity index (χ2n) is 6.42. The van der Waals surface area contributed by atoms with Crippen LogP contribution in [0.25, 0.3) is 0 Å². The molecule has 1 heterocycles. The highest BCUT2D eigenvalue weighted by Gasteiger charge is 2.56. The van der Waals surface area contributed by atoms with Crippen LogP contribution in [0.3, 0.4) is 0 Å². The Morgan fingerprint density at radius 2 is 1.25 bits per heavy atom. The molecule has 0 unspecified atom stereocenters. The number of pyridine rings is 1. The quantitative estimate of drug-likeness (QED) is 0.633. The Balaban J connectivity index is 1.77. The van der Waals surface area contributed by atoms with E-state index in [0.717, 1.165) is 17.8 Å². The second-order valence-corrected chi connectivity index (χ2v) is 6.42. The zero-order valence-corrected chi connectivity index (χ0v) is 9.81. The molecular weight excluding hydrogens is 194 g/mol. The van der Waals surface area contributed by atoms with Crippen molar-refractivity contribution in [1.29, 1.82) is 0 Å². The van der Waals surface area contributed by atoms with Crippen molar-refractivity contribution in [3.8, 4) is 0 Å². The molecule has 0 radical (unpaired) electrons. The summed E-state index contributed by atoms with van der Waals surface area (Å²) in [6.45, 7) is 0. The van der Waals surface area contributed by atoms with Crippen molar-refractivity contribution in [1.82, 2.24) is 0 Å². The highest BCUT2D eigenvalue weighted by atomic mass is 15.0. The Hall–Kier alpha value is -0.850. The van der Waals surface area contributed by atoms with Crippen molar-refractivity contribution in [2.45, 2.75) is 44.1 Å². The molecule has 4 bridgehead atoms. The maximum Gasteiger partial charge on any atom is 0.169 e. The van der Waals surface area contributed by atoms with Gasteiger partial charge in [-0.25, -0.2) is 0 Å². The fraction of sp³-hybridized carbons (Fsp3) is 0.667. The van der Waals surface area contributed by atoms with Gasteiger partial charge in [0, 0.05) is 31.4 Å². The molecule has 0 aliphatic heterocycles. The van der Waals surface area contributed by atoms with Crippen LogP contribution in [-0.2, 0) is 5.54 Å². The first-order valence-electron chi connectivity index (χ1n) is 6.81. The van der Waals surface area contributed by atoms with E-state index < -0.39 is 0 Å². The van der Waals surface area contributed by atoms with E-state index in [1.165, 1.54) is 38.5 Å². The van der Waals surface area contributed by atoms with Crippen molar-refractivity contribution in [2.75, 3.05) is 0 Å². The minimum Gasteiger partial charge on any atom is -0.200 e. The van der Waals surface area contributed by atoms with E-state index in [9.17, 15) is 0 Å². The molecule has 0 saturated heterocycles. The van der Waals surface area contributed by atoms with E-state index in [1.807, 2.05) is 0 Å². The van der Waals surface area contributed by atoms with E-state index >= 15 is 0 Å². The lowest BCUT2D eigenvalue weighted by molar-refractivity contribution is -0.776. The van der Waals surface area contributed by atoms with Crippen LogP contribution in [0.5, 0.6) is 0 Å². The molecule has 0 spiro atoms. The Bertz CT molecular complexity index is 360. The predicted octanol–water partition coefficient (Wildman–Crippen LogP) is 2.90. The van der Waals surface area contributed by atoms with E-state index in [-0.39, 0.29) is 0 Å². The normalized spacial score (nSPS) is 44.9. The van der Waals surface area contributed by atoms with Gasteiger partial charge in [-0.3, -0.25) is 0 Å². The monoisotopic (exact) mass is 214 g/mol. The average Bonchev–Trinajstić information content (AvgIpc) is 2.28. The first-order chi connectivity index (χ1) is 7.84. The van der Waals surface area contributed by atoms with Gasteiger partial charge >= 0.3 is 0 Å². The molecule has 4 aliphatic carbocycles. The summed E-state index contributed by atoms with van der Waals surface area (Å²) in [6, 6.07) is 6.52. The third-order valence-electron chi connectivity index (χ3n) is 5.27. The number of rotatable bonds is 1. The summed E-state index contributed by atoms with van der Waals surface area (Å²) < 4.78 is 2.54. The van der Waals surface area contributed by atoms with Crippen LogP contribution in [-0.4, -0.2) is 0 Å². The molecule has 1 aromatic rings. The standard InChI is InChI=1S/C15H20N/c1-2-4-16(5-3-1)15-9-12-6-13(10-15)8-14(7-12)11-15/h1-5,12-14H,6-11H2/q+1. The van der Waals surface area contributed by atoms with Gasteiger partial charge < -0.3 is 0 Å². The Labute approximate surface area is 97.5 Å². The third kappa shape index (κ3) is 1.20. The van der Waals surface area contributed by atoms with Gasteiger partial charge in [-0.15, -0.1) is 0 Å². The number of hydrogen-bond donors (Lipinski definition) is 0. The largest absolute Gasteiger partial charge is 0.200 e. The summed E-state index contributed by atoms with van der Waals surface area (Å²) >= 11 is 0. The van der Waals surface area contributed by atoms with Gasteiger partial charge in [0.2, 0.25) is 0 Å². The van der Waals surface area contributed by atoms with Crippen molar-refractivity contribution in [2.24, 2.45) is 17.8 Å². The van der Waals surface area contributed by atoms with Crippen LogP contribution >= 0.6 is 0 Å². The molecule has 1 heteroatoms. The fourth-order valence-corrected chi connectivity index (χ4v) is 5.10. The van der Waals surface area contributed by atoms with Crippen molar-refractivity contribution in [3.05, 3.63) is 30.6 Å². The molecule has 1 aromatic heterocycles. The van der Waals surface area contributed by atoms with Gasteiger partial charge in [-0.05, 0) is 37.0 Å². The van der Waals surface area contributed by atoms with Crippen LogP contribution < -0.4 is 4.57 Å². The topological polar surface area (TPSA) is 3.88 Å². The summed E-state index contributed by atoms with van der Waals surface area (Å²) in [4.78, 5) is 0. The first kappa shape index (κ1) is 9.21. The minimum atomic E-state index is 0.510. The van der Waals surface area contributed by atoms with Gasteiger partial charge in [0.25, 0.3) is 0 Å². The predicted molar refractivity (Wildman–Crippen MR) is 62.8 cm³/mol. The van der Waals surface area contributed by atoms with Crippen LogP contribution in [0.15, 0.2) is 30.6 Å². The second kappa shape index (κ2) is 3.09. The summed E-state index contributed by atoms with van der Waals surface area (Å²) in [7, 11) is 0. The van der Waals surface area contributed by atoms with Gasteiger partial charge in [0.05, 0.1) is 0 Å². The maximum atomic E-state index is 2.54. The molecule has 0 aromatic carbocycles. The highest BCUT2D eigenvalue weighted by Crippen LogP contribution is 2.56. The smallest absolute Gasteiger partial charge is 0.169 e. The number of aromatic nitrogens is 1. The lowest BCUT2D eigenvalue weighted by atomic mass is 9.53. The molecule has 1 nitrogen and oxygen atoms in total.